The number of aliphatic hydroxyl groups is 1. The fourth-order valence-electron chi connectivity index (χ4n) is 0.737. The highest BCUT2D eigenvalue weighted by atomic mass is 35.5. The predicted molar refractivity (Wildman–Crippen MR) is 55.9 cm³/mol. The second kappa shape index (κ2) is 6.12. The van der Waals surface area contributed by atoms with E-state index in [4.69, 9.17) is 11.5 Å². The number of hydrogen-bond donors (Lipinski definition) is 3. The lowest BCUT2D eigenvalue weighted by molar-refractivity contribution is 0.0528. The molecule has 0 spiro atoms. The van der Waals surface area contributed by atoms with E-state index in [1.165, 1.54) is 6.20 Å². The third kappa shape index (κ3) is 3.89. The van der Waals surface area contributed by atoms with Crippen molar-refractivity contribution in [2.24, 2.45) is 11.5 Å². The zero-order valence-electron chi connectivity index (χ0n) is 6.88. The van der Waals surface area contributed by atoms with Crippen LogP contribution in [0.4, 0.5) is 0 Å². The summed E-state index contributed by atoms with van der Waals surface area (Å²) in [4.78, 5) is 3.80. The molecule has 0 aliphatic rings. The van der Waals surface area contributed by atoms with Crippen LogP contribution in [0.1, 0.15) is 5.56 Å². The first-order valence-electron chi connectivity index (χ1n) is 3.28. The Morgan fingerprint density at radius 1 is 1.46 bits per heavy atom. The molecule has 0 saturated carbocycles. The van der Waals surface area contributed by atoms with Gasteiger partial charge in [0.15, 0.2) is 5.72 Å². The van der Waals surface area contributed by atoms with Crippen molar-refractivity contribution in [3.8, 4) is 0 Å². The number of rotatable bonds is 2. The van der Waals surface area contributed by atoms with Crippen LogP contribution in [0.3, 0.4) is 0 Å². The van der Waals surface area contributed by atoms with Crippen molar-refractivity contribution in [3.63, 3.8) is 0 Å². The minimum absolute atomic E-state index is 0. The number of nitrogens with two attached hydrogens (primary N) is 2. The molecule has 1 aromatic heterocycles. The van der Waals surface area contributed by atoms with E-state index in [2.05, 4.69) is 4.98 Å². The van der Waals surface area contributed by atoms with Crippen LogP contribution in [0.2, 0.25) is 0 Å². The smallest absolute Gasteiger partial charge is 0.153 e. The lowest BCUT2D eigenvalue weighted by Crippen LogP contribution is -2.43. The maximum Gasteiger partial charge on any atom is 0.153 e. The summed E-state index contributed by atoms with van der Waals surface area (Å²) in [7, 11) is 0. The lowest BCUT2D eigenvalue weighted by Gasteiger charge is -2.20. The summed E-state index contributed by atoms with van der Waals surface area (Å²) in [5, 5.41) is 9.41. The van der Waals surface area contributed by atoms with Crippen molar-refractivity contribution in [3.05, 3.63) is 30.1 Å². The zero-order chi connectivity index (χ0) is 8.32. The molecule has 1 atom stereocenters. The van der Waals surface area contributed by atoms with Crippen LogP contribution in [0.25, 0.3) is 0 Å². The molecule has 0 aliphatic heterocycles. The molecule has 0 radical (unpaired) electrons. The van der Waals surface area contributed by atoms with Gasteiger partial charge >= 0.3 is 0 Å². The summed E-state index contributed by atoms with van der Waals surface area (Å²) in [5.41, 5.74) is 9.74. The molecular weight excluding hydrogens is 213 g/mol. The Labute approximate surface area is 89.2 Å². The van der Waals surface area contributed by atoms with E-state index in [-0.39, 0.29) is 31.4 Å². The lowest BCUT2D eigenvalue weighted by atomic mass is 10.1. The largest absolute Gasteiger partial charge is 0.370 e. The van der Waals surface area contributed by atoms with E-state index in [1.807, 2.05) is 0 Å². The van der Waals surface area contributed by atoms with Gasteiger partial charge in [0.1, 0.15) is 0 Å². The Kier molecular flexibility index (Phi) is 7.11. The molecule has 76 valence electrons. The fourth-order valence-corrected chi connectivity index (χ4v) is 0.737. The topological polar surface area (TPSA) is 85.2 Å². The first-order chi connectivity index (χ1) is 5.17. The highest BCUT2D eigenvalue weighted by Gasteiger charge is 2.20. The Balaban J connectivity index is 0. The zero-order valence-corrected chi connectivity index (χ0v) is 8.52. The van der Waals surface area contributed by atoms with Gasteiger partial charge in [-0.1, -0.05) is 6.07 Å². The van der Waals surface area contributed by atoms with Gasteiger partial charge in [0.05, 0.1) is 0 Å². The summed E-state index contributed by atoms with van der Waals surface area (Å²) in [5.74, 6) is 0. The Morgan fingerprint density at radius 3 is 2.46 bits per heavy atom. The van der Waals surface area contributed by atoms with Gasteiger partial charge in [-0.2, -0.15) is 0 Å². The van der Waals surface area contributed by atoms with Crippen LogP contribution in [0, 0.1) is 0 Å². The van der Waals surface area contributed by atoms with Crippen molar-refractivity contribution >= 4 is 24.8 Å². The van der Waals surface area contributed by atoms with Gasteiger partial charge in [-0.25, -0.2) is 0 Å². The number of pyridine rings is 1. The number of hydrogen-bond acceptors (Lipinski definition) is 4. The number of aromatic nitrogens is 1. The van der Waals surface area contributed by atoms with Gasteiger partial charge in [0.2, 0.25) is 0 Å². The molecular formula is C7H13Cl2N3O. The summed E-state index contributed by atoms with van der Waals surface area (Å²) in [6.45, 7) is -0.0152. The quantitative estimate of drug-likeness (QED) is 0.619. The van der Waals surface area contributed by atoms with E-state index >= 15 is 0 Å². The first kappa shape index (κ1) is 15.1. The van der Waals surface area contributed by atoms with E-state index in [0.29, 0.717) is 5.56 Å². The maximum absolute atomic E-state index is 9.41. The summed E-state index contributed by atoms with van der Waals surface area (Å²) in [6.07, 6.45) is 3.10. The number of nitrogens with zero attached hydrogens (tertiary/aromatic N) is 1. The third-order valence-corrected chi connectivity index (χ3v) is 1.47. The van der Waals surface area contributed by atoms with Gasteiger partial charge in [-0.05, 0) is 6.07 Å². The highest BCUT2D eigenvalue weighted by Crippen LogP contribution is 2.10. The van der Waals surface area contributed by atoms with Crippen LogP contribution < -0.4 is 11.5 Å². The van der Waals surface area contributed by atoms with Crippen molar-refractivity contribution in [2.45, 2.75) is 5.72 Å². The van der Waals surface area contributed by atoms with Crippen molar-refractivity contribution in [1.82, 2.24) is 4.98 Å². The van der Waals surface area contributed by atoms with Crippen LogP contribution in [0.5, 0.6) is 0 Å². The van der Waals surface area contributed by atoms with Crippen LogP contribution in [-0.4, -0.2) is 16.6 Å². The second-order valence-corrected chi connectivity index (χ2v) is 2.37. The molecule has 13 heavy (non-hydrogen) atoms. The van der Waals surface area contributed by atoms with Gasteiger partial charge in [-0.3, -0.25) is 10.7 Å². The Morgan fingerprint density at radius 2 is 2.08 bits per heavy atom. The molecule has 0 amide bonds. The summed E-state index contributed by atoms with van der Waals surface area (Å²) < 4.78 is 0. The average molecular weight is 226 g/mol. The number of halogens is 2. The average Bonchev–Trinajstić information content (AvgIpc) is 2.06. The minimum Gasteiger partial charge on any atom is -0.370 e. The molecule has 1 aromatic rings. The predicted octanol–water partition coefficient (Wildman–Crippen LogP) is -0.0123. The van der Waals surface area contributed by atoms with Crippen molar-refractivity contribution < 1.29 is 5.11 Å². The first-order valence-corrected chi connectivity index (χ1v) is 3.28. The normalized spacial score (nSPS) is 13.5. The van der Waals surface area contributed by atoms with E-state index in [1.54, 1.807) is 18.3 Å². The summed E-state index contributed by atoms with van der Waals surface area (Å²) >= 11 is 0. The van der Waals surface area contributed by atoms with E-state index in [0.717, 1.165) is 0 Å². The monoisotopic (exact) mass is 225 g/mol. The molecule has 6 heteroatoms. The molecule has 0 saturated heterocycles. The minimum atomic E-state index is -1.45. The highest BCUT2D eigenvalue weighted by molar-refractivity contribution is 5.85. The van der Waals surface area contributed by atoms with Gasteiger partial charge in [0.25, 0.3) is 0 Å². The summed E-state index contributed by atoms with van der Waals surface area (Å²) in [6, 6.07) is 3.38. The molecule has 5 N–H and O–H groups in total. The third-order valence-electron chi connectivity index (χ3n) is 1.47. The van der Waals surface area contributed by atoms with E-state index in [9.17, 15) is 5.11 Å². The molecule has 1 heterocycles. The molecule has 0 unspecified atom stereocenters. The molecule has 0 aromatic carbocycles. The maximum atomic E-state index is 9.41. The van der Waals surface area contributed by atoms with Crippen LogP contribution in [0.15, 0.2) is 24.5 Å². The molecule has 0 bridgehead atoms. The standard InChI is InChI=1S/C7H11N3O.2ClH/c8-5-7(9,11)6-2-1-3-10-4-6;;/h1-4,11H,5,8-9H2;2*1H/t7-;;/m0../s1. The SMILES string of the molecule is Cl.Cl.NC[C@](N)(O)c1cccnc1. The fraction of sp³-hybridized carbons (Fsp3) is 0.286. The second-order valence-electron chi connectivity index (χ2n) is 2.37. The van der Waals surface area contributed by atoms with Crippen molar-refractivity contribution in [1.29, 1.82) is 0 Å². The Bertz CT molecular complexity index is 230. The molecule has 0 aliphatic carbocycles. The van der Waals surface area contributed by atoms with Crippen LogP contribution in [-0.2, 0) is 5.72 Å². The Hall–Kier alpha value is -0.390. The molecule has 4 nitrogen and oxygen atoms in total. The van der Waals surface area contributed by atoms with Gasteiger partial charge < -0.3 is 10.8 Å². The van der Waals surface area contributed by atoms with E-state index < -0.39 is 5.72 Å². The molecule has 0 fully saturated rings. The van der Waals surface area contributed by atoms with Crippen LogP contribution >= 0.6 is 24.8 Å². The van der Waals surface area contributed by atoms with Gasteiger partial charge in [0, 0.05) is 24.5 Å². The van der Waals surface area contributed by atoms with Gasteiger partial charge in [-0.15, -0.1) is 24.8 Å². The molecule has 1 rings (SSSR count). The van der Waals surface area contributed by atoms with Crippen molar-refractivity contribution in [2.75, 3.05) is 6.54 Å².